The monoisotopic (exact) mass is 972 g/mol. The number of phosphoric acid groups is 1. The van der Waals surface area contributed by atoms with Gasteiger partial charge in [0.25, 0.3) is 0 Å². The molecule has 19 heteroatoms. The summed E-state index contributed by atoms with van der Waals surface area (Å²) in [5.41, 5.74) is 5.95. The summed E-state index contributed by atoms with van der Waals surface area (Å²) in [5, 5.41) is 72.8. The van der Waals surface area contributed by atoms with Crippen LogP contribution >= 0.6 is 7.82 Å². The van der Waals surface area contributed by atoms with Crippen LogP contribution in [-0.2, 0) is 42.1 Å². The van der Waals surface area contributed by atoms with E-state index in [1.165, 1.54) is 103 Å². The Kier molecular flexibility index (Phi) is 32.9. The highest BCUT2D eigenvalue weighted by atomic mass is 31.2. The summed E-state index contributed by atoms with van der Waals surface area (Å²) >= 11 is 0. The maximum Gasteiger partial charge on any atom is 0.472 e. The average molecular weight is 972 g/mol. The molecule has 18 nitrogen and oxygen atoms in total. The van der Waals surface area contributed by atoms with Gasteiger partial charge in [0.05, 0.1) is 19.3 Å². The van der Waals surface area contributed by atoms with Gasteiger partial charge in [0.2, 0.25) is 0 Å². The average Bonchev–Trinajstić information content (AvgIpc) is 3.29. The first kappa shape index (κ1) is 60.8. The Labute approximate surface area is 394 Å². The highest BCUT2D eigenvalue weighted by molar-refractivity contribution is 7.47. The molecule has 66 heavy (non-hydrogen) atoms. The number of hydrogen-bond donors (Lipinski definition) is 9. The van der Waals surface area contributed by atoms with Crippen molar-refractivity contribution in [2.24, 2.45) is 5.73 Å². The lowest BCUT2D eigenvalue weighted by Crippen LogP contribution is -2.68. The number of carbonyl (C=O) groups is 2. The van der Waals surface area contributed by atoms with Gasteiger partial charge < -0.3 is 65.3 Å². The summed E-state index contributed by atoms with van der Waals surface area (Å²) < 4.78 is 45.8. The molecule has 0 amide bonds. The van der Waals surface area contributed by atoms with Crippen LogP contribution in [0.2, 0.25) is 0 Å². The molecule has 0 aromatic rings. The zero-order valence-corrected chi connectivity index (χ0v) is 41.0. The number of ether oxygens (including phenoxy) is 4. The molecule has 1 aliphatic carbocycles. The highest BCUT2D eigenvalue weighted by Crippen LogP contribution is 2.48. The predicted octanol–water partition coefficient (Wildman–Crippen LogP) is 5.51. The zero-order valence-electron chi connectivity index (χ0n) is 40.1. The minimum atomic E-state index is -5.33. The molecule has 10 N–H and O–H groups in total. The molecule has 0 spiro atoms. The third-order valence-electron chi connectivity index (χ3n) is 12.6. The summed E-state index contributed by atoms with van der Waals surface area (Å²) in [5.74, 6) is -1.18. The summed E-state index contributed by atoms with van der Waals surface area (Å²) in [6.07, 6.45) is 9.30. The molecule has 0 aromatic heterocycles. The van der Waals surface area contributed by atoms with Crippen LogP contribution in [-0.4, -0.2) is 146 Å². The van der Waals surface area contributed by atoms with Crippen LogP contribution in [0.4, 0.5) is 0 Å². The standard InChI is InChI=1S/C47H90NO17P/c1-3-5-7-9-11-13-15-17-19-21-23-25-27-29-36(50)60-32-34(62-37(51)30-28-26-24-22-20-18-16-14-12-10-8-6-4-2)33-61-66(58,59)65-46-44(57)42(55)41(54)43(56)45(46)64-47-38(48)40(53)39(52)35(31-49)63-47/h34-35,38-47,49,52-57H,3-33,48H2,1-2H3,(H,58,59)/t34-,35-,38-,39-,40-,41-,42-,43+,44-,45-,46-,47+/m1/s1. The Morgan fingerprint density at radius 3 is 1.41 bits per heavy atom. The first-order valence-corrected chi connectivity index (χ1v) is 26.9. The van der Waals surface area contributed by atoms with Gasteiger partial charge in [-0.05, 0) is 12.8 Å². The number of unbranched alkanes of at least 4 members (excludes halogenated alkanes) is 24. The molecule has 0 radical (unpaired) electrons. The second-order valence-electron chi connectivity index (χ2n) is 18.5. The van der Waals surface area contributed by atoms with E-state index in [0.29, 0.717) is 12.8 Å². The van der Waals surface area contributed by atoms with Crippen molar-refractivity contribution in [3.8, 4) is 0 Å². The lowest BCUT2D eigenvalue weighted by molar-refractivity contribution is -0.315. The van der Waals surface area contributed by atoms with Crippen LogP contribution < -0.4 is 5.73 Å². The Balaban J connectivity index is 1.95. The fourth-order valence-electron chi connectivity index (χ4n) is 8.40. The van der Waals surface area contributed by atoms with Gasteiger partial charge in [0, 0.05) is 12.8 Å². The van der Waals surface area contributed by atoms with Crippen molar-refractivity contribution in [1.82, 2.24) is 0 Å². The highest BCUT2D eigenvalue weighted by Gasteiger charge is 2.55. The normalized spacial score (nSPS) is 28.2. The molecule has 1 unspecified atom stereocenters. The second-order valence-corrected chi connectivity index (χ2v) is 19.9. The Morgan fingerprint density at radius 1 is 0.561 bits per heavy atom. The molecular weight excluding hydrogens is 881 g/mol. The molecule has 2 aliphatic rings. The van der Waals surface area contributed by atoms with Gasteiger partial charge in [0.1, 0.15) is 61.5 Å². The van der Waals surface area contributed by atoms with E-state index in [1.54, 1.807) is 0 Å². The van der Waals surface area contributed by atoms with Gasteiger partial charge in [-0.2, -0.15) is 0 Å². The van der Waals surface area contributed by atoms with Crippen molar-refractivity contribution >= 4 is 19.8 Å². The molecular formula is C47H90NO17P. The maximum atomic E-state index is 13.4. The van der Waals surface area contributed by atoms with E-state index in [4.69, 9.17) is 33.7 Å². The van der Waals surface area contributed by atoms with E-state index in [0.717, 1.165) is 51.4 Å². The fourth-order valence-corrected chi connectivity index (χ4v) is 9.37. The summed E-state index contributed by atoms with van der Waals surface area (Å²) in [4.78, 5) is 36.5. The van der Waals surface area contributed by atoms with Gasteiger partial charge in [-0.15, -0.1) is 0 Å². The van der Waals surface area contributed by atoms with Gasteiger partial charge in [-0.1, -0.05) is 168 Å². The number of rotatable bonds is 39. The van der Waals surface area contributed by atoms with Crippen LogP contribution in [0.15, 0.2) is 0 Å². The van der Waals surface area contributed by atoms with E-state index >= 15 is 0 Å². The van der Waals surface area contributed by atoms with Gasteiger partial charge in [0.15, 0.2) is 12.4 Å². The molecule has 0 bridgehead atoms. The van der Waals surface area contributed by atoms with Crippen molar-refractivity contribution in [2.45, 2.75) is 267 Å². The quantitative estimate of drug-likeness (QED) is 0.0208. The first-order chi connectivity index (χ1) is 31.7. The Bertz CT molecular complexity index is 1300. The van der Waals surface area contributed by atoms with Crippen molar-refractivity contribution in [3.63, 3.8) is 0 Å². The zero-order chi connectivity index (χ0) is 48.7. The second kappa shape index (κ2) is 35.7. The molecule has 0 aromatic carbocycles. The fraction of sp³-hybridized carbons (Fsp3) is 0.957. The minimum Gasteiger partial charge on any atom is -0.462 e. The van der Waals surface area contributed by atoms with E-state index in [-0.39, 0.29) is 12.8 Å². The molecule has 2 fully saturated rings. The van der Waals surface area contributed by atoms with Gasteiger partial charge in [-0.3, -0.25) is 18.6 Å². The molecule has 2 rings (SSSR count). The van der Waals surface area contributed by atoms with E-state index in [2.05, 4.69) is 13.8 Å². The van der Waals surface area contributed by atoms with Crippen molar-refractivity contribution < 1.29 is 82.8 Å². The lowest BCUT2D eigenvalue weighted by atomic mass is 9.84. The van der Waals surface area contributed by atoms with Gasteiger partial charge >= 0.3 is 19.8 Å². The molecule has 1 heterocycles. The van der Waals surface area contributed by atoms with E-state index < -0.39 is 113 Å². The third kappa shape index (κ3) is 24.5. The van der Waals surface area contributed by atoms with Crippen LogP contribution in [0, 0.1) is 0 Å². The Hall–Kier alpha value is -1.35. The first-order valence-electron chi connectivity index (χ1n) is 25.4. The van der Waals surface area contributed by atoms with Crippen LogP contribution in [0.25, 0.3) is 0 Å². The van der Waals surface area contributed by atoms with Gasteiger partial charge in [-0.25, -0.2) is 4.57 Å². The molecule has 1 saturated heterocycles. The topological polar surface area (TPSA) is 294 Å². The van der Waals surface area contributed by atoms with Crippen molar-refractivity contribution in [2.75, 3.05) is 19.8 Å². The number of aliphatic hydroxyl groups is 7. The molecule has 390 valence electrons. The number of nitrogens with two attached hydrogens (primary N) is 1. The smallest absolute Gasteiger partial charge is 0.462 e. The summed E-state index contributed by atoms with van der Waals surface area (Å²) in [6.45, 7) is 2.33. The predicted molar refractivity (Wildman–Crippen MR) is 247 cm³/mol. The number of aliphatic hydroxyl groups excluding tert-OH is 7. The number of carbonyl (C=O) groups excluding carboxylic acids is 2. The van der Waals surface area contributed by atoms with E-state index in [9.17, 15) is 54.8 Å². The largest absolute Gasteiger partial charge is 0.472 e. The maximum absolute atomic E-state index is 13.4. The Morgan fingerprint density at radius 2 is 0.970 bits per heavy atom. The molecule has 1 saturated carbocycles. The van der Waals surface area contributed by atoms with Crippen LogP contribution in [0.5, 0.6) is 0 Å². The number of phosphoric ester groups is 1. The summed E-state index contributed by atoms with van der Waals surface area (Å²) in [7, 11) is -5.33. The minimum absolute atomic E-state index is 0.0497. The molecule has 13 atom stereocenters. The van der Waals surface area contributed by atoms with Crippen LogP contribution in [0.1, 0.15) is 194 Å². The lowest BCUT2D eigenvalue weighted by Gasteiger charge is -2.47. The van der Waals surface area contributed by atoms with Crippen molar-refractivity contribution in [3.05, 3.63) is 0 Å². The third-order valence-corrected chi connectivity index (χ3v) is 13.6. The number of esters is 2. The van der Waals surface area contributed by atoms with Crippen LogP contribution in [0.3, 0.4) is 0 Å². The SMILES string of the molecule is CCCCCCCCCCCCCCCC(=O)OC[C@H](COP(=O)(O)O[C@@H]1[C@H](O)[C@H](O)[C@@H](O)[C@H](O)[C@H]1O[C@@H]1O[C@H](CO)[C@@H](O)[C@H](O)[C@H]1N)OC(=O)CCCCCCCCCCCCCCC. The summed E-state index contributed by atoms with van der Waals surface area (Å²) in [6, 6.07) is -1.52. The molecule has 1 aliphatic heterocycles. The number of hydrogen-bond acceptors (Lipinski definition) is 17. The van der Waals surface area contributed by atoms with Crippen molar-refractivity contribution in [1.29, 1.82) is 0 Å². The van der Waals surface area contributed by atoms with E-state index in [1.807, 2.05) is 0 Å².